The Morgan fingerprint density at radius 3 is 2.06 bits per heavy atom. The van der Waals surface area contributed by atoms with Gasteiger partial charge < -0.3 is 0 Å². The number of amides is 2. The van der Waals surface area contributed by atoms with Crippen molar-refractivity contribution in [1.82, 2.24) is 5.01 Å². The SMILES string of the molecule is NN(C(=O)c1ccccc1)C(=O)C(F)(F)F. The summed E-state index contributed by atoms with van der Waals surface area (Å²) >= 11 is 0. The van der Waals surface area contributed by atoms with Crippen LogP contribution in [0.1, 0.15) is 10.4 Å². The average Bonchev–Trinajstić information content (AvgIpc) is 2.26. The lowest BCUT2D eigenvalue weighted by atomic mass is 10.2. The highest BCUT2D eigenvalue weighted by Gasteiger charge is 2.44. The molecule has 0 atom stereocenters. The third-order valence-electron chi connectivity index (χ3n) is 1.70. The van der Waals surface area contributed by atoms with E-state index in [2.05, 4.69) is 0 Å². The Balaban J connectivity index is 2.88. The number of imide groups is 1. The number of nitrogens with zero attached hydrogens (tertiary/aromatic N) is 1. The van der Waals surface area contributed by atoms with E-state index in [-0.39, 0.29) is 5.56 Å². The highest BCUT2D eigenvalue weighted by Crippen LogP contribution is 2.17. The van der Waals surface area contributed by atoms with Crippen LogP contribution in [-0.4, -0.2) is 23.0 Å². The number of rotatable bonds is 1. The van der Waals surface area contributed by atoms with Crippen molar-refractivity contribution < 1.29 is 22.8 Å². The number of hydrogen-bond donors (Lipinski definition) is 1. The van der Waals surface area contributed by atoms with Crippen molar-refractivity contribution in [3.63, 3.8) is 0 Å². The highest BCUT2D eigenvalue weighted by molar-refractivity contribution is 6.05. The van der Waals surface area contributed by atoms with Crippen LogP contribution in [-0.2, 0) is 4.79 Å². The number of hydrogen-bond acceptors (Lipinski definition) is 3. The van der Waals surface area contributed by atoms with Crippen molar-refractivity contribution in [3.05, 3.63) is 35.9 Å². The molecule has 1 rings (SSSR count). The minimum atomic E-state index is -5.17. The van der Waals surface area contributed by atoms with Gasteiger partial charge in [0.1, 0.15) is 0 Å². The van der Waals surface area contributed by atoms with E-state index in [0.717, 1.165) is 0 Å². The summed E-state index contributed by atoms with van der Waals surface area (Å²) in [4.78, 5) is 21.9. The summed E-state index contributed by atoms with van der Waals surface area (Å²) in [7, 11) is 0. The molecule has 0 aromatic heterocycles. The monoisotopic (exact) mass is 232 g/mol. The lowest BCUT2D eigenvalue weighted by Gasteiger charge is -2.15. The molecule has 7 heteroatoms. The standard InChI is InChI=1S/C9H7F3N2O2/c10-9(11,12)8(16)14(13)7(15)6-4-2-1-3-5-6/h1-5H,13H2. The predicted octanol–water partition coefficient (Wildman–Crippen LogP) is 1.09. The third kappa shape index (κ3) is 2.57. The van der Waals surface area contributed by atoms with Crippen LogP contribution in [0.2, 0.25) is 0 Å². The second kappa shape index (κ2) is 4.31. The molecule has 1 aromatic carbocycles. The molecular formula is C9H7F3N2O2. The van der Waals surface area contributed by atoms with Crippen molar-refractivity contribution in [2.45, 2.75) is 6.18 Å². The van der Waals surface area contributed by atoms with Gasteiger partial charge in [-0.05, 0) is 12.1 Å². The smallest absolute Gasteiger partial charge is 0.267 e. The van der Waals surface area contributed by atoms with Gasteiger partial charge in [-0.15, -0.1) is 0 Å². The van der Waals surface area contributed by atoms with Gasteiger partial charge in [-0.1, -0.05) is 18.2 Å². The Bertz CT molecular complexity index is 403. The second-order valence-corrected chi connectivity index (χ2v) is 2.84. The van der Waals surface area contributed by atoms with Gasteiger partial charge in [-0.25, -0.2) is 10.9 Å². The molecule has 0 heterocycles. The van der Waals surface area contributed by atoms with Crippen LogP contribution in [0.5, 0.6) is 0 Å². The van der Waals surface area contributed by atoms with Crippen LogP contribution in [0, 0.1) is 0 Å². The Kier molecular flexibility index (Phi) is 3.28. The number of benzene rings is 1. The van der Waals surface area contributed by atoms with E-state index >= 15 is 0 Å². The van der Waals surface area contributed by atoms with Crippen LogP contribution in [0.4, 0.5) is 13.2 Å². The van der Waals surface area contributed by atoms with Crippen molar-refractivity contribution >= 4 is 11.8 Å². The molecule has 0 aliphatic carbocycles. The molecule has 0 aliphatic heterocycles. The average molecular weight is 232 g/mol. The fourth-order valence-corrected chi connectivity index (χ4v) is 0.949. The summed E-state index contributed by atoms with van der Waals surface area (Å²) in [6.07, 6.45) is -5.17. The molecule has 0 radical (unpaired) electrons. The van der Waals surface area contributed by atoms with Gasteiger partial charge in [0.05, 0.1) is 0 Å². The first-order valence-electron chi connectivity index (χ1n) is 4.09. The van der Waals surface area contributed by atoms with Gasteiger partial charge in [0, 0.05) is 5.56 Å². The summed E-state index contributed by atoms with van der Waals surface area (Å²) in [5.41, 5.74) is -0.0948. The van der Waals surface area contributed by atoms with E-state index in [9.17, 15) is 22.8 Å². The van der Waals surface area contributed by atoms with Gasteiger partial charge >= 0.3 is 12.1 Å². The van der Waals surface area contributed by atoms with E-state index in [1.54, 1.807) is 6.07 Å². The summed E-state index contributed by atoms with van der Waals surface area (Å²) in [5, 5.41) is -0.449. The molecule has 0 bridgehead atoms. The van der Waals surface area contributed by atoms with Gasteiger partial charge in [0.15, 0.2) is 0 Å². The Labute approximate surface area is 88.4 Å². The topological polar surface area (TPSA) is 63.4 Å². The van der Waals surface area contributed by atoms with E-state index < -0.39 is 23.0 Å². The molecule has 16 heavy (non-hydrogen) atoms. The molecule has 0 saturated carbocycles. The van der Waals surface area contributed by atoms with Gasteiger partial charge in [-0.3, -0.25) is 9.59 Å². The Hall–Kier alpha value is -1.89. The van der Waals surface area contributed by atoms with E-state index in [0.29, 0.717) is 0 Å². The molecule has 0 fully saturated rings. The third-order valence-corrected chi connectivity index (χ3v) is 1.70. The summed E-state index contributed by atoms with van der Waals surface area (Å²) < 4.78 is 35.9. The lowest BCUT2D eigenvalue weighted by Crippen LogP contribution is -2.49. The first-order chi connectivity index (χ1) is 7.34. The van der Waals surface area contributed by atoms with Crippen molar-refractivity contribution in [1.29, 1.82) is 0 Å². The fraction of sp³-hybridized carbons (Fsp3) is 0.111. The van der Waals surface area contributed by atoms with E-state index in [1.807, 2.05) is 0 Å². The molecule has 0 unspecified atom stereocenters. The molecule has 2 amide bonds. The zero-order valence-corrected chi connectivity index (χ0v) is 7.86. The van der Waals surface area contributed by atoms with Crippen LogP contribution < -0.4 is 5.84 Å². The molecule has 0 spiro atoms. The van der Waals surface area contributed by atoms with Crippen LogP contribution >= 0.6 is 0 Å². The molecule has 0 saturated heterocycles. The quantitative estimate of drug-likeness (QED) is 0.448. The number of hydrazine groups is 1. The molecule has 1 aromatic rings. The largest absolute Gasteiger partial charge is 0.473 e. The maximum atomic E-state index is 12.0. The van der Waals surface area contributed by atoms with Crippen LogP contribution in [0.15, 0.2) is 30.3 Å². The second-order valence-electron chi connectivity index (χ2n) is 2.84. The van der Waals surface area contributed by atoms with Crippen molar-refractivity contribution in [3.8, 4) is 0 Å². The first kappa shape index (κ1) is 12.2. The Morgan fingerprint density at radius 2 is 1.62 bits per heavy atom. The summed E-state index contributed by atoms with van der Waals surface area (Å²) in [5.74, 6) is 1.19. The fourth-order valence-electron chi connectivity index (χ4n) is 0.949. The molecular weight excluding hydrogens is 225 g/mol. The minimum absolute atomic E-state index is 0.0948. The minimum Gasteiger partial charge on any atom is -0.267 e. The zero-order valence-electron chi connectivity index (χ0n) is 7.86. The van der Waals surface area contributed by atoms with Crippen molar-refractivity contribution in [2.75, 3.05) is 0 Å². The molecule has 86 valence electrons. The Morgan fingerprint density at radius 1 is 1.12 bits per heavy atom. The number of halogens is 3. The highest BCUT2D eigenvalue weighted by atomic mass is 19.4. The number of alkyl halides is 3. The summed E-state index contributed by atoms with van der Waals surface area (Å²) in [6, 6.07) is 6.97. The molecule has 2 N–H and O–H groups in total. The maximum Gasteiger partial charge on any atom is 0.473 e. The summed E-state index contributed by atoms with van der Waals surface area (Å²) in [6.45, 7) is 0. The van der Waals surface area contributed by atoms with Gasteiger partial charge in [-0.2, -0.15) is 13.2 Å². The van der Waals surface area contributed by atoms with Gasteiger partial charge in [0.2, 0.25) is 0 Å². The number of carbonyl (C=O) groups excluding carboxylic acids is 2. The molecule has 4 nitrogen and oxygen atoms in total. The normalized spacial score (nSPS) is 11.0. The lowest BCUT2D eigenvalue weighted by molar-refractivity contribution is -0.182. The van der Waals surface area contributed by atoms with Crippen LogP contribution in [0.3, 0.4) is 0 Å². The maximum absolute atomic E-state index is 12.0. The van der Waals surface area contributed by atoms with Crippen molar-refractivity contribution in [2.24, 2.45) is 5.84 Å². The van der Waals surface area contributed by atoms with Crippen LogP contribution in [0.25, 0.3) is 0 Å². The number of nitrogens with two attached hydrogens (primary N) is 1. The zero-order chi connectivity index (χ0) is 12.3. The van der Waals surface area contributed by atoms with E-state index in [4.69, 9.17) is 5.84 Å². The first-order valence-corrected chi connectivity index (χ1v) is 4.09. The van der Waals surface area contributed by atoms with E-state index in [1.165, 1.54) is 24.3 Å². The predicted molar refractivity (Wildman–Crippen MR) is 47.9 cm³/mol. The number of carbonyl (C=O) groups is 2. The van der Waals surface area contributed by atoms with Gasteiger partial charge in [0.25, 0.3) is 5.91 Å². The molecule has 0 aliphatic rings.